The van der Waals surface area contributed by atoms with Crippen LogP contribution in [0.4, 0.5) is 25.8 Å². The lowest BCUT2D eigenvalue weighted by Crippen LogP contribution is -2.01. The average Bonchev–Trinajstić information content (AvgIpc) is 2.47. The molecule has 0 unspecified atom stereocenters. The van der Waals surface area contributed by atoms with Crippen molar-refractivity contribution in [2.24, 2.45) is 0 Å². The van der Waals surface area contributed by atoms with E-state index >= 15 is 0 Å². The number of nitrogens with two attached hydrogens (primary N) is 1. The van der Waals surface area contributed by atoms with Gasteiger partial charge in [0.15, 0.2) is 5.82 Å². The van der Waals surface area contributed by atoms with Gasteiger partial charge in [-0.1, -0.05) is 15.9 Å². The SMILES string of the molecule is Nc1cc(F)c(Nc2cc(Br)ccc2F)c2ncccc12. The van der Waals surface area contributed by atoms with Gasteiger partial charge in [-0.2, -0.15) is 0 Å². The molecule has 0 aliphatic rings. The summed E-state index contributed by atoms with van der Waals surface area (Å²) in [5.41, 5.74) is 6.67. The van der Waals surface area contributed by atoms with Crippen LogP contribution in [0.5, 0.6) is 0 Å². The van der Waals surface area contributed by atoms with Crippen LogP contribution in [0.15, 0.2) is 47.1 Å². The molecule has 3 nitrogen and oxygen atoms in total. The Balaban J connectivity index is 2.19. The van der Waals surface area contributed by atoms with E-state index in [0.29, 0.717) is 15.4 Å². The van der Waals surface area contributed by atoms with Crippen molar-refractivity contribution < 1.29 is 8.78 Å². The number of benzene rings is 2. The summed E-state index contributed by atoms with van der Waals surface area (Å²) < 4.78 is 28.7. The molecule has 2 aromatic carbocycles. The van der Waals surface area contributed by atoms with Crippen molar-refractivity contribution in [3.8, 4) is 0 Å². The van der Waals surface area contributed by atoms with Crippen molar-refractivity contribution in [3.63, 3.8) is 0 Å². The third-order valence-corrected chi connectivity index (χ3v) is 3.56. The lowest BCUT2D eigenvalue weighted by atomic mass is 10.1. The van der Waals surface area contributed by atoms with E-state index in [1.807, 2.05) is 0 Å². The first-order valence-electron chi connectivity index (χ1n) is 6.11. The third kappa shape index (κ3) is 2.54. The van der Waals surface area contributed by atoms with Gasteiger partial charge in [0.25, 0.3) is 0 Å². The molecule has 0 saturated carbocycles. The summed E-state index contributed by atoms with van der Waals surface area (Å²) in [4.78, 5) is 4.13. The molecule has 106 valence electrons. The number of hydrogen-bond acceptors (Lipinski definition) is 3. The van der Waals surface area contributed by atoms with E-state index in [4.69, 9.17) is 5.73 Å². The molecule has 0 bridgehead atoms. The molecule has 1 aromatic heterocycles. The molecule has 1 heterocycles. The van der Waals surface area contributed by atoms with Gasteiger partial charge in [0, 0.05) is 21.7 Å². The number of nitrogens with one attached hydrogen (secondary N) is 1. The summed E-state index contributed by atoms with van der Waals surface area (Å²) in [6.07, 6.45) is 1.53. The first-order chi connectivity index (χ1) is 10.1. The van der Waals surface area contributed by atoms with E-state index in [1.54, 1.807) is 18.2 Å². The fourth-order valence-electron chi connectivity index (χ4n) is 2.08. The highest BCUT2D eigenvalue weighted by molar-refractivity contribution is 9.10. The topological polar surface area (TPSA) is 50.9 Å². The molecule has 0 saturated heterocycles. The van der Waals surface area contributed by atoms with E-state index in [2.05, 4.69) is 26.2 Å². The number of halogens is 3. The second-order valence-corrected chi connectivity index (χ2v) is 5.39. The number of nitrogen functional groups attached to an aromatic ring is 1. The molecule has 0 aliphatic carbocycles. The Morgan fingerprint density at radius 1 is 1.10 bits per heavy atom. The molecule has 0 amide bonds. The van der Waals surface area contributed by atoms with Gasteiger partial charge in [0.05, 0.1) is 11.2 Å². The molecule has 3 aromatic rings. The van der Waals surface area contributed by atoms with Crippen LogP contribution in [0, 0.1) is 11.6 Å². The number of rotatable bonds is 2. The van der Waals surface area contributed by atoms with Crippen LogP contribution in [0.25, 0.3) is 10.9 Å². The molecule has 0 atom stereocenters. The van der Waals surface area contributed by atoms with Gasteiger partial charge in [-0.05, 0) is 36.4 Å². The molecule has 0 spiro atoms. The van der Waals surface area contributed by atoms with Gasteiger partial charge in [-0.15, -0.1) is 0 Å². The summed E-state index contributed by atoms with van der Waals surface area (Å²) in [6.45, 7) is 0. The van der Waals surface area contributed by atoms with E-state index in [-0.39, 0.29) is 17.1 Å². The van der Waals surface area contributed by atoms with Crippen molar-refractivity contribution in [2.45, 2.75) is 0 Å². The van der Waals surface area contributed by atoms with Crippen LogP contribution < -0.4 is 11.1 Å². The van der Waals surface area contributed by atoms with E-state index in [0.717, 1.165) is 0 Å². The predicted molar refractivity (Wildman–Crippen MR) is 83.5 cm³/mol. The van der Waals surface area contributed by atoms with Gasteiger partial charge in [-0.25, -0.2) is 8.78 Å². The molecule has 0 aliphatic heterocycles. The van der Waals surface area contributed by atoms with Gasteiger partial charge >= 0.3 is 0 Å². The minimum Gasteiger partial charge on any atom is -0.398 e. The first kappa shape index (κ1) is 13.8. The van der Waals surface area contributed by atoms with Crippen LogP contribution in [-0.4, -0.2) is 4.98 Å². The number of hydrogen-bond donors (Lipinski definition) is 2. The Kier molecular flexibility index (Phi) is 3.47. The minimum absolute atomic E-state index is 0.0943. The standard InChI is InChI=1S/C15H10BrF2N3/c16-8-3-4-10(17)13(6-8)21-15-11(18)7-12(19)9-2-1-5-20-14(9)15/h1-7,21H,19H2. The molecule has 0 fully saturated rings. The Bertz CT molecular complexity index is 837. The van der Waals surface area contributed by atoms with Crippen molar-refractivity contribution in [3.05, 3.63) is 58.7 Å². The van der Waals surface area contributed by atoms with Crippen molar-refractivity contribution in [1.29, 1.82) is 0 Å². The summed E-state index contributed by atoms with van der Waals surface area (Å²) >= 11 is 3.25. The van der Waals surface area contributed by atoms with Crippen LogP contribution >= 0.6 is 15.9 Å². The first-order valence-corrected chi connectivity index (χ1v) is 6.90. The highest BCUT2D eigenvalue weighted by atomic mass is 79.9. The molecule has 21 heavy (non-hydrogen) atoms. The van der Waals surface area contributed by atoms with Crippen molar-refractivity contribution in [1.82, 2.24) is 4.98 Å². The zero-order valence-electron chi connectivity index (χ0n) is 10.7. The molecule has 0 radical (unpaired) electrons. The second-order valence-electron chi connectivity index (χ2n) is 4.47. The van der Waals surface area contributed by atoms with E-state index in [9.17, 15) is 8.78 Å². The number of anilines is 3. The molecule has 6 heteroatoms. The lowest BCUT2D eigenvalue weighted by Gasteiger charge is -2.12. The highest BCUT2D eigenvalue weighted by Gasteiger charge is 2.14. The maximum absolute atomic E-state index is 14.2. The monoisotopic (exact) mass is 349 g/mol. The summed E-state index contributed by atoms with van der Waals surface area (Å²) in [7, 11) is 0. The Morgan fingerprint density at radius 2 is 1.90 bits per heavy atom. The van der Waals surface area contributed by atoms with Gasteiger partial charge in [0.1, 0.15) is 11.5 Å². The van der Waals surface area contributed by atoms with E-state index < -0.39 is 11.6 Å². The Labute approximate surface area is 127 Å². The number of fused-ring (bicyclic) bond motifs is 1. The quantitative estimate of drug-likeness (QED) is 0.664. The van der Waals surface area contributed by atoms with Gasteiger partial charge in [-0.3, -0.25) is 4.98 Å². The minimum atomic E-state index is -0.585. The van der Waals surface area contributed by atoms with Crippen LogP contribution in [0.2, 0.25) is 0 Å². The second kappa shape index (κ2) is 5.29. The number of pyridine rings is 1. The summed E-state index contributed by atoms with van der Waals surface area (Å²) in [5, 5.41) is 3.36. The average molecular weight is 350 g/mol. The van der Waals surface area contributed by atoms with Gasteiger partial charge < -0.3 is 11.1 Å². The fraction of sp³-hybridized carbons (Fsp3) is 0. The molecule has 3 N–H and O–H groups in total. The fourth-order valence-corrected chi connectivity index (χ4v) is 2.44. The maximum atomic E-state index is 14.2. The van der Waals surface area contributed by atoms with Gasteiger partial charge in [0.2, 0.25) is 0 Å². The van der Waals surface area contributed by atoms with Crippen LogP contribution in [0.1, 0.15) is 0 Å². The summed E-state index contributed by atoms with van der Waals surface area (Å²) in [6, 6.07) is 9.02. The zero-order valence-corrected chi connectivity index (χ0v) is 12.3. The third-order valence-electron chi connectivity index (χ3n) is 3.06. The smallest absolute Gasteiger partial charge is 0.150 e. The van der Waals surface area contributed by atoms with Crippen molar-refractivity contribution >= 4 is 43.9 Å². The Hall–Kier alpha value is -2.21. The van der Waals surface area contributed by atoms with E-state index in [1.165, 1.54) is 24.4 Å². The lowest BCUT2D eigenvalue weighted by molar-refractivity contribution is 0.626. The van der Waals surface area contributed by atoms with Crippen LogP contribution in [-0.2, 0) is 0 Å². The molecular weight excluding hydrogens is 340 g/mol. The highest BCUT2D eigenvalue weighted by Crippen LogP contribution is 2.33. The summed E-state index contributed by atoms with van der Waals surface area (Å²) in [5.74, 6) is -1.07. The molecular formula is C15H10BrF2N3. The predicted octanol–water partition coefficient (Wildman–Crippen LogP) is 4.60. The number of nitrogens with zero attached hydrogens (tertiary/aromatic N) is 1. The molecule has 3 rings (SSSR count). The number of aromatic nitrogens is 1. The zero-order chi connectivity index (χ0) is 15.0. The normalized spacial score (nSPS) is 10.8. The maximum Gasteiger partial charge on any atom is 0.150 e. The van der Waals surface area contributed by atoms with Crippen LogP contribution in [0.3, 0.4) is 0 Å². The van der Waals surface area contributed by atoms with Crippen molar-refractivity contribution in [2.75, 3.05) is 11.1 Å². The largest absolute Gasteiger partial charge is 0.398 e. The Morgan fingerprint density at radius 3 is 2.71 bits per heavy atom.